The first-order chi connectivity index (χ1) is 9.81. The Bertz CT molecular complexity index is 414. The van der Waals surface area contributed by atoms with Crippen molar-refractivity contribution in [3.05, 3.63) is 35.4 Å². The summed E-state index contributed by atoms with van der Waals surface area (Å²) in [4.78, 5) is 0. The SMILES string of the molecule is Cc1cccc(C2CC(NCCCC3CCCC3)C2)c1. The smallest absolute Gasteiger partial charge is 0.00787 e. The second-order valence-electron chi connectivity index (χ2n) is 7.03. The van der Waals surface area contributed by atoms with Crippen LogP contribution in [0.3, 0.4) is 0 Å². The van der Waals surface area contributed by atoms with Gasteiger partial charge in [-0.05, 0) is 56.6 Å². The number of nitrogens with one attached hydrogen (secondary N) is 1. The van der Waals surface area contributed by atoms with Crippen molar-refractivity contribution in [2.45, 2.75) is 70.3 Å². The van der Waals surface area contributed by atoms with E-state index in [1.54, 1.807) is 5.56 Å². The maximum Gasteiger partial charge on any atom is 0.00787 e. The number of benzene rings is 1. The molecule has 0 aromatic heterocycles. The highest BCUT2D eigenvalue weighted by Gasteiger charge is 2.29. The van der Waals surface area contributed by atoms with Gasteiger partial charge >= 0.3 is 0 Å². The number of rotatable bonds is 6. The molecule has 1 nitrogen and oxygen atoms in total. The van der Waals surface area contributed by atoms with Crippen molar-refractivity contribution in [2.24, 2.45) is 5.92 Å². The van der Waals surface area contributed by atoms with Gasteiger partial charge in [0.25, 0.3) is 0 Å². The van der Waals surface area contributed by atoms with Crippen LogP contribution in [0.5, 0.6) is 0 Å². The molecule has 2 aliphatic rings. The highest BCUT2D eigenvalue weighted by atomic mass is 14.9. The quantitative estimate of drug-likeness (QED) is 0.733. The van der Waals surface area contributed by atoms with Gasteiger partial charge in [0.1, 0.15) is 0 Å². The topological polar surface area (TPSA) is 12.0 Å². The fourth-order valence-corrected chi connectivity index (χ4v) is 3.98. The Morgan fingerprint density at radius 2 is 1.95 bits per heavy atom. The van der Waals surface area contributed by atoms with Crippen molar-refractivity contribution in [2.75, 3.05) is 6.54 Å². The molecule has 0 radical (unpaired) electrons. The van der Waals surface area contributed by atoms with Crippen LogP contribution in [-0.2, 0) is 0 Å². The Hall–Kier alpha value is -0.820. The van der Waals surface area contributed by atoms with E-state index < -0.39 is 0 Å². The van der Waals surface area contributed by atoms with Gasteiger partial charge in [-0.15, -0.1) is 0 Å². The van der Waals surface area contributed by atoms with E-state index in [0.717, 1.165) is 17.9 Å². The van der Waals surface area contributed by atoms with Gasteiger partial charge in [-0.2, -0.15) is 0 Å². The third kappa shape index (κ3) is 3.63. The van der Waals surface area contributed by atoms with Gasteiger partial charge in [0.2, 0.25) is 0 Å². The summed E-state index contributed by atoms with van der Waals surface area (Å²) in [5.41, 5.74) is 2.95. The van der Waals surface area contributed by atoms with Crippen molar-refractivity contribution < 1.29 is 0 Å². The molecule has 0 saturated heterocycles. The lowest BCUT2D eigenvalue weighted by Gasteiger charge is -2.36. The van der Waals surface area contributed by atoms with Crippen LogP contribution in [0.1, 0.15) is 68.4 Å². The molecule has 2 saturated carbocycles. The third-order valence-electron chi connectivity index (χ3n) is 5.35. The average molecular weight is 271 g/mol. The van der Waals surface area contributed by atoms with Crippen LogP contribution in [0.4, 0.5) is 0 Å². The molecule has 0 bridgehead atoms. The van der Waals surface area contributed by atoms with Crippen molar-refractivity contribution in [1.29, 1.82) is 0 Å². The lowest BCUT2D eigenvalue weighted by atomic mass is 9.75. The van der Waals surface area contributed by atoms with Gasteiger partial charge in [0, 0.05) is 6.04 Å². The molecular weight excluding hydrogens is 242 g/mol. The van der Waals surface area contributed by atoms with Gasteiger partial charge in [-0.1, -0.05) is 55.5 Å². The second kappa shape index (κ2) is 6.76. The summed E-state index contributed by atoms with van der Waals surface area (Å²) in [6.45, 7) is 3.43. The van der Waals surface area contributed by atoms with E-state index in [9.17, 15) is 0 Å². The predicted octanol–water partition coefficient (Wildman–Crippen LogP) is 4.80. The minimum Gasteiger partial charge on any atom is -0.314 e. The summed E-state index contributed by atoms with van der Waals surface area (Å²) in [6.07, 6.45) is 11.5. The fraction of sp³-hybridized carbons (Fsp3) is 0.684. The Labute approximate surface area is 124 Å². The van der Waals surface area contributed by atoms with Crippen LogP contribution in [0.2, 0.25) is 0 Å². The molecular formula is C19H29N. The fourth-order valence-electron chi connectivity index (χ4n) is 3.98. The van der Waals surface area contributed by atoms with Gasteiger partial charge in [-0.25, -0.2) is 0 Å². The Balaban J connectivity index is 1.30. The first kappa shape index (κ1) is 14.1. The Morgan fingerprint density at radius 1 is 1.15 bits per heavy atom. The van der Waals surface area contributed by atoms with E-state index in [1.165, 1.54) is 63.5 Å². The molecule has 0 aliphatic heterocycles. The van der Waals surface area contributed by atoms with E-state index in [4.69, 9.17) is 0 Å². The van der Waals surface area contributed by atoms with E-state index >= 15 is 0 Å². The molecule has 1 heteroatoms. The highest BCUT2D eigenvalue weighted by molar-refractivity contribution is 5.27. The summed E-state index contributed by atoms with van der Waals surface area (Å²) in [7, 11) is 0. The van der Waals surface area contributed by atoms with Crippen molar-refractivity contribution in [1.82, 2.24) is 5.32 Å². The van der Waals surface area contributed by atoms with Crippen LogP contribution in [0.25, 0.3) is 0 Å². The maximum atomic E-state index is 3.76. The van der Waals surface area contributed by atoms with Crippen molar-refractivity contribution >= 4 is 0 Å². The van der Waals surface area contributed by atoms with Gasteiger partial charge in [0.05, 0.1) is 0 Å². The van der Waals surface area contributed by atoms with E-state index in [-0.39, 0.29) is 0 Å². The minimum atomic E-state index is 0.782. The first-order valence-electron chi connectivity index (χ1n) is 8.61. The van der Waals surface area contributed by atoms with Gasteiger partial charge in [-0.3, -0.25) is 0 Å². The molecule has 1 N–H and O–H groups in total. The molecule has 0 spiro atoms. The zero-order chi connectivity index (χ0) is 13.8. The number of hydrogen-bond donors (Lipinski definition) is 1. The first-order valence-corrected chi connectivity index (χ1v) is 8.61. The molecule has 110 valence electrons. The molecule has 0 amide bonds. The van der Waals surface area contributed by atoms with Crippen LogP contribution in [0, 0.1) is 12.8 Å². The largest absolute Gasteiger partial charge is 0.314 e. The maximum absolute atomic E-state index is 3.76. The van der Waals surface area contributed by atoms with Crippen LogP contribution in [0.15, 0.2) is 24.3 Å². The minimum absolute atomic E-state index is 0.782. The lowest BCUT2D eigenvalue weighted by Crippen LogP contribution is -2.40. The molecule has 0 heterocycles. The monoisotopic (exact) mass is 271 g/mol. The molecule has 2 aliphatic carbocycles. The zero-order valence-electron chi connectivity index (χ0n) is 12.9. The lowest BCUT2D eigenvalue weighted by molar-refractivity contribution is 0.287. The molecule has 3 rings (SSSR count). The van der Waals surface area contributed by atoms with Gasteiger partial charge < -0.3 is 5.32 Å². The van der Waals surface area contributed by atoms with Crippen molar-refractivity contribution in [3.8, 4) is 0 Å². The Kier molecular flexibility index (Phi) is 4.77. The van der Waals surface area contributed by atoms with Crippen LogP contribution >= 0.6 is 0 Å². The van der Waals surface area contributed by atoms with Gasteiger partial charge in [0.15, 0.2) is 0 Å². The third-order valence-corrected chi connectivity index (χ3v) is 5.35. The summed E-state index contributed by atoms with van der Waals surface area (Å²) < 4.78 is 0. The molecule has 1 aromatic carbocycles. The molecule has 0 unspecified atom stereocenters. The second-order valence-corrected chi connectivity index (χ2v) is 7.03. The van der Waals surface area contributed by atoms with E-state index in [0.29, 0.717) is 0 Å². The summed E-state index contributed by atoms with van der Waals surface area (Å²) in [6, 6.07) is 9.84. The standard InChI is InChI=1S/C19H29N/c1-15-6-4-10-17(12-15)18-13-19(14-18)20-11-5-9-16-7-2-3-8-16/h4,6,10,12,16,18-20H,2-3,5,7-9,11,13-14H2,1H3. The summed E-state index contributed by atoms with van der Waals surface area (Å²) in [5.74, 6) is 1.86. The highest BCUT2D eigenvalue weighted by Crippen LogP contribution is 2.37. The molecule has 1 aromatic rings. The number of hydrogen-bond acceptors (Lipinski definition) is 1. The van der Waals surface area contributed by atoms with Crippen LogP contribution in [-0.4, -0.2) is 12.6 Å². The van der Waals surface area contributed by atoms with Crippen molar-refractivity contribution in [3.63, 3.8) is 0 Å². The molecule has 20 heavy (non-hydrogen) atoms. The molecule has 2 fully saturated rings. The van der Waals surface area contributed by atoms with E-state index in [2.05, 4.69) is 36.5 Å². The summed E-state index contributed by atoms with van der Waals surface area (Å²) in [5, 5.41) is 3.76. The van der Waals surface area contributed by atoms with E-state index in [1.807, 2.05) is 0 Å². The van der Waals surface area contributed by atoms with Crippen LogP contribution < -0.4 is 5.32 Å². The zero-order valence-corrected chi connectivity index (χ0v) is 12.9. The predicted molar refractivity (Wildman–Crippen MR) is 86.1 cm³/mol. The summed E-state index contributed by atoms with van der Waals surface area (Å²) >= 11 is 0. The molecule has 0 atom stereocenters. The number of aryl methyl sites for hydroxylation is 1. The average Bonchev–Trinajstić information content (AvgIpc) is 2.89. The normalized spacial score (nSPS) is 26.6. The Morgan fingerprint density at radius 3 is 2.70 bits per heavy atom.